The quantitative estimate of drug-likeness (QED) is 0.524. The third-order valence-electron chi connectivity index (χ3n) is 4.50. The van der Waals surface area contributed by atoms with Crippen molar-refractivity contribution in [3.8, 4) is 6.07 Å². The van der Waals surface area contributed by atoms with E-state index in [4.69, 9.17) is 0 Å². The van der Waals surface area contributed by atoms with Gasteiger partial charge in [0.15, 0.2) is 0 Å². The summed E-state index contributed by atoms with van der Waals surface area (Å²) in [4.78, 5) is 25.0. The highest BCUT2D eigenvalue weighted by atomic mass is 32.1. The number of nitriles is 1. The maximum absolute atomic E-state index is 14.1. The van der Waals surface area contributed by atoms with Gasteiger partial charge in [0.25, 0.3) is 0 Å². The second kappa shape index (κ2) is 8.90. The van der Waals surface area contributed by atoms with Crippen LogP contribution in [0.4, 0.5) is 23.0 Å². The topological polar surface area (TPSA) is 100 Å². The molecule has 0 bridgehead atoms. The van der Waals surface area contributed by atoms with Gasteiger partial charge in [-0.15, -0.1) is 11.3 Å². The van der Waals surface area contributed by atoms with Crippen LogP contribution in [0.5, 0.6) is 0 Å². The number of thiophene rings is 1. The van der Waals surface area contributed by atoms with Gasteiger partial charge in [0.05, 0.1) is 18.8 Å². The highest BCUT2D eigenvalue weighted by molar-refractivity contribution is 7.16. The molecule has 0 spiro atoms. The Hall–Kier alpha value is -2.48. The van der Waals surface area contributed by atoms with E-state index < -0.39 is 23.9 Å². The predicted molar refractivity (Wildman–Crippen MR) is 99.4 cm³/mol. The fraction of sp³-hybridized carbons (Fsp3) is 0.611. The molecule has 2 N–H and O–H groups in total. The SMILES string of the molecule is CCOC(=O)N[C@](Nc1sc2c(c1C#N)CC[C@@H](C)C2)(C(=O)OCC)C(F)(F)F. The molecule has 0 saturated heterocycles. The Kier molecular flexibility index (Phi) is 7.00. The first-order chi connectivity index (χ1) is 13.6. The summed E-state index contributed by atoms with van der Waals surface area (Å²) in [5.74, 6) is -1.42. The Morgan fingerprint density at radius 2 is 1.93 bits per heavy atom. The summed E-state index contributed by atoms with van der Waals surface area (Å²) < 4.78 is 51.5. The Bertz CT molecular complexity index is 818. The number of alkyl halides is 3. The second-order valence-electron chi connectivity index (χ2n) is 6.61. The number of carbonyl (C=O) groups is 2. The van der Waals surface area contributed by atoms with E-state index in [2.05, 4.69) is 14.8 Å². The average Bonchev–Trinajstić information content (AvgIpc) is 2.96. The molecule has 0 radical (unpaired) electrons. The largest absolute Gasteiger partial charge is 0.463 e. The minimum atomic E-state index is -5.28. The molecule has 7 nitrogen and oxygen atoms in total. The van der Waals surface area contributed by atoms with E-state index in [1.807, 2.05) is 13.0 Å². The number of fused-ring (bicyclic) bond motifs is 1. The summed E-state index contributed by atoms with van der Waals surface area (Å²) in [5.41, 5.74) is -2.88. The van der Waals surface area contributed by atoms with E-state index in [0.717, 1.165) is 22.6 Å². The predicted octanol–water partition coefficient (Wildman–Crippen LogP) is 3.72. The van der Waals surface area contributed by atoms with Crippen molar-refractivity contribution in [3.05, 3.63) is 16.0 Å². The fourth-order valence-electron chi connectivity index (χ4n) is 3.08. The van der Waals surface area contributed by atoms with E-state index >= 15 is 0 Å². The van der Waals surface area contributed by atoms with Crippen LogP contribution in [0, 0.1) is 17.2 Å². The fourth-order valence-corrected chi connectivity index (χ4v) is 4.49. The molecule has 2 atom stereocenters. The third kappa shape index (κ3) is 4.58. The van der Waals surface area contributed by atoms with Gasteiger partial charge in [0.1, 0.15) is 11.1 Å². The number of rotatable bonds is 6. The van der Waals surface area contributed by atoms with Gasteiger partial charge >= 0.3 is 23.9 Å². The van der Waals surface area contributed by atoms with Crippen LogP contribution in [0.1, 0.15) is 43.2 Å². The van der Waals surface area contributed by atoms with Gasteiger partial charge < -0.3 is 14.8 Å². The minimum absolute atomic E-state index is 0.0421. The maximum Gasteiger partial charge on any atom is 0.442 e. The van der Waals surface area contributed by atoms with Gasteiger partial charge in [-0.1, -0.05) is 6.92 Å². The molecule has 0 unspecified atom stereocenters. The number of alkyl carbamates (subject to hydrolysis) is 1. The number of nitrogens with zero attached hydrogens (tertiary/aromatic N) is 1. The van der Waals surface area contributed by atoms with E-state index in [-0.39, 0.29) is 23.8 Å². The lowest BCUT2D eigenvalue weighted by Gasteiger charge is -2.34. The zero-order chi connectivity index (χ0) is 21.8. The molecular formula is C18H22F3N3O4S. The normalized spacial score (nSPS) is 18.0. The lowest BCUT2D eigenvalue weighted by molar-refractivity contribution is -0.205. The van der Waals surface area contributed by atoms with Crippen molar-refractivity contribution in [2.75, 3.05) is 18.5 Å². The van der Waals surface area contributed by atoms with Gasteiger partial charge in [0.2, 0.25) is 0 Å². The van der Waals surface area contributed by atoms with E-state index in [1.54, 1.807) is 5.32 Å². The molecule has 2 rings (SSSR count). The molecule has 0 fully saturated rings. The average molecular weight is 433 g/mol. The molecule has 1 aliphatic carbocycles. The molecule has 0 saturated carbocycles. The van der Waals surface area contributed by atoms with E-state index in [0.29, 0.717) is 24.3 Å². The van der Waals surface area contributed by atoms with Gasteiger partial charge in [-0.3, -0.25) is 5.32 Å². The summed E-state index contributed by atoms with van der Waals surface area (Å²) in [6.07, 6.45) is -4.74. The van der Waals surface area contributed by atoms with E-state index in [9.17, 15) is 28.0 Å². The molecule has 1 aromatic heterocycles. The Balaban J connectivity index is 2.56. The molecule has 1 aromatic rings. The van der Waals surface area contributed by atoms with Crippen molar-refractivity contribution >= 4 is 28.4 Å². The number of nitrogens with one attached hydrogen (secondary N) is 2. The van der Waals surface area contributed by atoms with Crippen LogP contribution < -0.4 is 10.6 Å². The molecule has 1 heterocycles. The number of amides is 1. The molecule has 0 aliphatic heterocycles. The molecule has 0 aromatic carbocycles. The molecule has 1 aliphatic rings. The third-order valence-corrected chi connectivity index (χ3v) is 5.67. The zero-order valence-corrected chi connectivity index (χ0v) is 17.1. The molecular weight excluding hydrogens is 411 g/mol. The lowest BCUT2D eigenvalue weighted by atomic mass is 9.88. The molecule has 1 amide bonds. The standard InChI is InChI=1S/C18H22F3N3O4S/c1-4-27-15(25)17(18(19,20)21,24-16(26)28-5-2)23-14-12(9-22)11-7-6-10(3)8-13(11)29-14/h10,23H,4-8H2,1-3H3,(H,24,26)/t10-,17-/m1/s1. The number of carbonyl (C=O) groups excluding carboxylic acids is 2. The van der Waals surface area contributed by atoms with Crippen molar-refractivity contribution < 1.29 is 32.2 Å². The second-order valence-corrected chi connectivity index (χ2v) is 7.71. The Morgan fingerprint density at radius 3 is 2.48 bits per heavy atom. The monoisotopic (exact) mass is 433 g/mol. The van der Waals surface area contributed by atoms with Crippen LogP contribution in [0.2, 0.25) is 0 Å². The Labute approximate surface area is 170 Å². The first-order valence-corrected chi connectivity index (χ1v) is 9.92. The van der Waals surface area contributed by atoms with Crippen LogP contribution in [0.15, 0.2) is 0 Å². The van der Waals surface area contributed by atoms with E-state index in [1.165, 1.54) is 13.8 Å². The molecule has 11 heteroatoms. The minimum Gasteiger partial charge on any atom is -0.463 e. The van der Waals surface area contributed by atoms with Crippen molar-refractivity contribution in [1.82, 2.24) is 5.32 Å². The van der Waals surface area contributed by atoms with Crippen molar-refractivity contribution in [2.45, 2.75) is 51.9 Å². The van der Waals surface area contributed by atoms with Crippen molar-refractivity contribution in [2.24, 2.45) is 5.92 Å². The van der Waals surface area contributed by atoms with Crippen LogP contribution in [-0.2, 0) is 27.1 Å². The first kappa shape index (κ1) is 22.8. The zero-order valence-electron chi connectivity index (χ0n) is 16.2. The summed E-state index contributed by atoms with van der Waals surface area (Å²) in [6, 6.07) is 1.93. The first-order valence-electron chi connectivity index (χ1n) is 9.11. The number of esters is 1. The number of halogens is 3. The smallest absolute Gasteiger partial charge is 0.442 e. The molecule has 160 valence electrons. The molecule has 29 heavy (non-hydrogen) atoms. The highest BCUT2D eigenvalue weighted by Gasteiger charge is 2.64. The van der Waals surface area contributed by atoms with Crippen LogP contribution in [-0.4, -0.2) is 37.1 Å². The Morgan fingerprint density at radius 1 is 1.28 bits per heavy atom. The summed E-state index contributed by atoms with van der Waals surface area (Å²) in [6.45, 7) is 4.23. The number of anilines is 1. The summed E-state index contributed by atoms with van der Waals surface area (Å²) in [7, 11) is 0. The summed E-state index contributed by atoms with van der Waals surface area (Å²) in [5, 5.41) is 13.1. The number of ether oxygens (including phenoxy) is 2. The lowest BCUT2D eigenvalue weighted by Crippen LogP contribution is -2.69. The van der Waals surface area contributed by atoms with Gasteiger partial charge in [-0.2, -0.15) is 18.4 Å². The van der Waals surface area contributed by atoms with Crippen LogP contribution >= 0.6 is 11.3 Å². The highest BCUT2D eigenvalue weighted by Crippen LogP contribution is 2.42. The maximum atomic E-state index is 14.1. The van der Waals surface area contributed by atoms with Gasteiger partial charge in [0, 0.05) is 4.88 Å². The summed E-state index contributed by atoms with van der Waals surface area (Å²) >= 11 is 0.976. The number of hydrogen-bond donors (Lipinski definition) is 2. The van der Waals surface area contributed by atoms with Crippen LogP contribution in [0.25, 0.3) is 0 Å². The van der Waals surface area contributed by atoms with Gasteiger partial charge in [-0.05, 0) is 44.6 Å². The van der Waals surface area contributed by atoms with Crippen molar-refractivity contribution in [3.63, 3.8) is 0 Å². The number of hydrogen-bond acceptors (Lipinski definition) is 7. The van der Waals surface area contributed by atoms with Crippen LogP contribution in [0.3, 0.4) is 0 Å². The van der Waals surface area contributed by atoms with Crippen molar-refractivity contribution in [1.29, 1.82) is 5.26 Å². The van der Waals surface area contributed by atoms with Gasteiger partial charge in [-0.25, -0.2) is 9.59 Å².